The normalized spacial score (nSPS) is 10.8. The highest BCUT2D eigenvalue weighted by atomic mass is 16.5. The lowest BCUT2D eigenvalue weighted by Gasteiger charge is -2.05. The fourth-order valence-electron chi connectivity index (χ4n) is 2.19. The molecule has 124 valence electrons. The molecule has 7 nitrogen and oxygen atoms in total. The van der Waals surface area contributed by atoms with Crippen molar-refractivity contribution >= 4 is 11.9 Å². The van der Waals surface area contributed by atoms with E-state index >= 15 is 0 Å². The largest absolute Gasteiger partial charge is 0.467 e. The standard InChI is InChI=1S/C17H18N4O3/c1-12-5-7-13(8-6-12)16-19-17(18-10-14-4-3-9-24-14)21(20-16)15(22)11-23-2/h3-9H,10-11H2,1-2H3,(H,18,19,20). The molecule has 0 saturated carbocycles. The van der Waals surface area contributed by atoms with Gasteiger partial charge in [-0.05, 0) is 19.1 Å². The van der Waals surface area contributed by atoms with Crippen molar-refractivity contribution in [3.8, 4) is 11.4 Å². The number of carbonyl (C=O) groups is 1. The Bertz CT molecular complexity index is 807. The van der Waals surface area contributed by atoms with Crippen LogP contribution in [0, 0.1) is 6.92 Å². The molecule has 3 aromatic rings. The van der Waals surface area contributed by atoms with Gasteiger partial charge in [0.2, 0.25) is 5.95 Å². The van der Waals surface area contributed by atoms with Crippen LogP contribution in [0.15, 0.2) is 47.1 Å². The van der Waals surface area contributed by atoms with E-state index in [-0.39, 0.29) is 12.5 Å². The van der Waals surface area contributed by atoms with Crippen LogP contribution < -0.4 is 5.32 Å². The quantitative estimate of drug-likeness (QED) is 0.750. The average molecular weight is 326 g/mol. The summed E-state index contributed by atoms with van der Waals surface area (Å²) in [5.74, 6) is 1.26. The number of nitrogens with one attached hydrogen (secondary N) is 1. The third-order valence-electron chi connectivity index (χ3n) is 3.42. The molecule has 0 aliphatic rings. The maximum atomic E-state index is 12.2. The number of aryl methyl sites for hydroxylation is 1. The van der Waals surface area contributed by atoms with E-state index in [4.69, 9.17) is 9.15 Å². The number of hydrogen-bond donors (Lipinski definition) is 1. The molecule has 3 rings (SSSR count). The zero-order valence-electron chi connectivity index (χ0n) is 13.5. The Balaban J connectivity index is 1.89. The summed E-state index contributed by atoms with van der Waals surface area (Å²) in [5.41, 5.74) is 1.98. The van der Waals surface area contributed by atoms with Crippen LogP contribution in [0.4, 0.5) is 5.95 Å². The van der Waals surface area contributed by atoms with E-state index in [0.717, 1.165) is 16.9 Å². The topological polar surface area (TPSA) is 82.2 Å². The van der Waals surface area contributed by atoms with Gasteiger partial charge in [0.05, 0.1) is 12.8 Å². The molecule has 0 aliphatic heterocycles. The average Bonchev–Trinajstić information content (AvgIpc) is 3.23. The second kappa shape index (κ2) is 7.10. The van der Waals surface area contributed by atoms with Gasteiger partial charge in [-0.25, -0.2) is 0 Å². The number of methoxy groups -OCH3 is 1. The summed E-state index contributed by atoms with van der Waals surface area (Å²) in [6, 6.07) is 11.4. The Morgan fingerprint density at radius 2 is 2.08 bits per heavy atom. The number of rotatable bonds is 6. The van der Waals surface area contributed by atoms with Crippen molar-refractivity contribution in [3.63, 3.8) is 0 Å². The Labute approximate surface area is 139 Å². The van der Waals surface area contributed by atoms with Crippen LogP contribution >= 0.6 is 0 Å². The van der Waals surface area contributed by atoms with Gasteiger partial charge in [-0.3, -0.25) is 4.79 Å². The van der Waals surface area contributed by atoms with E-state index in [9.17, 15) is 4.79 Å². The SMILES string of the molecule is COCC(=O)n1nc(-c2ccc(C)cc2)nc1NCc1ccco1. The van der Waals surface area contributed by atoms with Gasteiger partial charge >= 0.3 is 0 Å². The molecule has 7 heteroatoms. The summed E-state index contributed by atoms with van der Waals surface area (Å²) >= 11 is 0. The molecule has 0 radical (unpaired) electrons. The van der Waals surface area contributed by atoms with Crippen molar-refractivity contribution in [1.29, 1.82) is 0 Å². The number of carbonyl (C=O) groups excluding carboxylic acids is 1. The first kappa shape index (κ1) is 15.9. The predicted molar refractivity (Wildman–Crippen MR) is 88.7 cm³/mol. The van der Waals surface area contributed by atoms with Crippen LogP contribution in [0.3, 0.4) is 0 Å². The minimum atomic E-state index is -0.301. The Hall–Kier alpha value is -2.93. The molecular formula is C17H18N4O3. The van der Waals surface area contributed by atoms with Gasteiger partial charge in [-0.2, -0.15) is 9.67 Å². The van der Waals surface area contributed by atoms with Crippen molar-refractivity contribution < 1.29 is 13.9 Å². The number of hydrogen-bond acceptors (Lipinski definition) is 6. The molecule has 0 aliphatic carbocycles. The summed E-state index contributed by atoms with van der Waals surface area (Å²) in [7, 11) is 1.46. The molecule has 0 saturated heterocycles. The molecule has 1 N–H and O–H groups in total. The number of anilines is 1. The maximum Gasteiger partial charge on any atom is 0.276 e. The zero-order valence-corrected chi connectivity index (χ0v) is 13.5. The molecule has 2 heterocycles. The summed E-state index contributed by atoms with van der Waals surface area (Å²) < 4.78 is 11.4. The number of furan rings is 1. The number of benzene rings is 1. The van der Waals surface area contributed by atoms with Gasteiger partial charge < -0.3 is 14.5 Å². The highest BCUT2D eigenvalue weighted by molar-refractivity contribution is 5.82. The summed E-state index contributed by atoms with van der Waals surface area (Å²) in [6.07, 6.45) is 1.59. The molecular weight excluding hydrogens is 308 g/mol. The number of aromatic nitrogens is 3. The molecule has 0 spiro atoms. The summed E-state index contributed by atoms with van der Waals surface area (Å²) in [4.78, 5) is 16.6. The lowest BCUT2D eigenvalue weighted by molar-refractivity contribution is 0.0748. The van der Waals surface area contributed by atoms with Gasteiger partial charge in [0, 0.05) is 12.7 Å². The monoisotopic (exact) mass is 326 g/mol. The van der Waals surface area contributed by atoms with E-state index in [1.165, 1.54) is 11.8 Å². The highest BCUT2D eigenvalue weighted by Crippen LogP contribution is 2.19. The van der Waals surface area contributed by atoms with Gasteiger partial charge in [0.1, 0.15) is 12.4 Å². The Morgan fingerprint density at radius 1 is 1.29 bits per heavy atom. The van der Waals surface area contributed by atoms with E-state index in [1.807, 2.05) is 37.3 Å². The Morgan fingerprint density at radius 3 is 2.75 bits per heavy atom. The molecule has 0 atom stereocenters. The summed E-state index contributed by atoms with van der Waals surface area (Å²) in [6.45, 7) is 2.33. The second-order valence-electron chi connectivity index (χ2n) is 5.30. The maximum absolute atomic E-state index is 12.2. The minimum Gasteiger partial charge on any atom is -0.467 e. The van der Waals surface area contributed by atoms with Crippen molar-refractivity contribution in [2.45, 2.75) is 13.5 Å². The molecule has 0 bridgehead atoms. The van der Waals surface area contributed by atoms with Gasteiger partial charge in [-0.15, -0.1) is 5.10 Å². The van der Waals surface area contributed by atoms with Crippen molar-refractivity contribution in [2.24, 2.45) is 0 Å². The van der Waals surface area contributed by atoms with E-state index in [2.05, 4.69) is 15.4 Å². The van der Waals surface area contributed by atoms with Crippen LogP contribution in [0.25, 0.3) is 11.4 Å². The molecule has 2 aromatic heterocycles. The third-order valence-corrected chi connectivity index (χ3v) is 3.42. The van der Waals surface area contributed by atoms with Crippen molar-refractivity contribution in [1.82, 2.24) is 14.8 Å². The van der Waals surface area contributed by atoms with E-state index in [0.29, 0.717) is 18.3 Å². The molecule has 0 amide bonds. The van der Waals surface area contributed by atoms with Gasteiger partial charge in [0.15, 0.2) is 5.82 Å². The lowest BCUT2D eigenvalue weighted by atomic mass is 10.1. The third kappa shape index (κ3) is 3.52. The smallest absolute Gasteiger partial charge is 0.276 e. The minimum absolute atomic E-state index is 0.0773. The second-order valence-corrected chi connectivity index (χ2v) is 5.30. The first-order valence-corrected chi connectivity index (χ1v) is 7.50. The summed E-state index contributed by atoms with van der Waals surface area (Å²) in [5, 5.41) is 7.39. The van der Waals surface area contributed by atoms with Crippen LogP contribution in [0.5, 0.6) is 0 Å². The van der Waals surface area contributed by atoms with Crippen molar-refractivity contribution in [2.75, 3.05) is 19.0 Å². The predicted octanol–water partition coefficient (Wildman–Crippen LogP) is 2.75. The molecule has 0 unspecified atom stereocenters. The first-order valence-electron chi connectivity index (χ1n) is 7.50. The Kier molecular flexibility index (Phi) is 4.72. The van der Waals surface area contributed by atoms with Crippen LogP contribution in [0.1, 0.15) is 16.1 Å². The molecule has 24 heavy (non-hydrogen) atoms. The fraction of sp³-hybridized carbons (Fsp3) is 0.235. The van der Waals surface area contributed by atoms with Crippen LogP contribution in [-0.2, 0) is 11.3 Å². The van der Waals surface area contributed by atoms with Crippen LogP contribution in [0.2, 0.25) is 0 Å². The van der Waals surface area contributed by atoms with Crippen molar-refractivity contribution in [3.05, 3.63) is 54.0 Å². The van der Waals surface area contributed by atoms with E-state index in [1.54, 1.807) is 12.3 Å². The lowest BCUT2D eigenvalue weighted by Crippen LogP contribution is -2.20. The molecule has 1 aromatic carbocycles. The highest BCUT2D eigenvalue weighted by Gasteiger charge is 2.17. The van der Waals surface area contributed by atoms with Gasteiger partial charge in [0.25, 0.3) is 5.91 Å². The first-order chi connectivity index (χ1) is 11.7. The fourth-order valence-corrected chi connectivity index (χ4v) is 2.19. The zero-order chi connectivity index (χ0) is 16.9. The molecule has 0 fully saturated rings. The number of nitrogens with zero attached hydrogens (tertiary/aromatic N) is 3. The number of ether oxygens (including phenoxy) is 1. The van der Waals surface area contributed by atoms with E-state index < -0.39 is 0 Å². The van der Waals surface area contributed by atoms with Gasteiger partial charge in [-0.1, -0.05) is 29.8 Å². The van der Waals surface area contributed by atoms with Crippen LogP contribution in [-0.4, -0.2) is 34.4 Å².